The van der Waals surface area contributed by atoms with Crippen molar-refractivity contribution in [2.45, 2.75) is 33.3 Å². The number of aromatic nitrogens is 3. The summed E-state index contributed by atoms with van der Waals surface area (Å²) < 4.78 is 0. The Morgan fingerprint density at radius 2 is 1.82 bits per heavy atom. The second-order valence-corrected chi connectivity index (χ2v) is 9.48. The number of hydrogen-bond donors (Lipinski definition) is 5. The van der Waals surface area contributed by atoms with Gasteiger partial charge in [0.15, 0.2) is 0 Å². The molecule has 1 amide bonds. The predicted octanol–water partition coefficient (Wildman–Crippen LogP) is 4.44. The summed E-state index contributed by atoms with van der Waals surface area (Å²) in [5.41, 5.74) is 3.02. The van der Waals surface area contributed by atoms with Crippen molar-refractivity contribution in [1.29, 1.82) is 0 Å². The van der Waals surface area contributed by atoms with Crippen molar-refractivity contribution in [3.8, 4) is 11.4 Å². The van der Waals surface area contributed by atoms with E-state index in [9.17, 15) is 14.7 Å². The molecule has 0 spiro atoms. The Bertz CT molecular complexity index is 1350. The van der Waals surface area contributed by atoms with Crippen LogP contribution in [0.1, 0.15) is 38.9 Å². The largest absolute Gasteiger partial charge is 0.387 e. The number of fused-ring (bicyclic) bond motifs is 1. The van der Waals surface area contributed by atoms with Crippen LogP contribution in [-0.4, -0.2) is 32.5 Å². The topological polar surface area (TPSA) is 123 Å². The van der Waals surface area contributed by atoms with E-state index >= 15 is 0 Å². The van der Waals surface area contributed by atoms with Gasteiger partial charge in [-0.3, -0.25) is 9.59 Å². The van der Waals surface area contributed by atoms with Gasteiger partial charge in [-0.2, -0.15) is 0 Å². The molecule has 5 N–H and O–H groups in total. The SMILES string of the molecule is CC(C)(C)CC(=O)Nc1cccc2[nH]c(-c3c(NCC(O)c4ccccc4)cc[nH]c3=O)nc12. The van der Waals surface area contributed by atoms with Gasteiger partial charge in [-0.1, -0.05) is 57.2 Å². The standard InChI is InChI=1S/C26H29N5O3/c1-26(2,3)14-21(33)29-18-10-7-11-19-23(18)31-24(30-19)22-17(12-13-27-25(22)34)28-15-20(32)16-8-5-4-6-9-16/h4-13,20,32H,14-15H2,1-3H3,(H,29,33)(H,30,31)(H2,27,28,34). The highest BCUT2D eigenvalue weighted by Gasteiger charge is 2.19. The average Bonchev–Trinajstić information content (AvgIpc) is 3.21. The fourth-order valence-electron chi connectivity index (χ4n) is 3.79. The minimum Gasteiger partial charge on any atom is -0.387 e. The van der Waals surface area contributed by atoms with E-state index in [-0.39, 0.29) is 23.4 Å². The number of pyridine rings is 1. The van der Waals surface area contributed by atoms with Crippen molar-refractivity contribution >= 4 is 28.3 Å². The lowest BCUT2D eigenvalue weighted by Gasteiger charge is -2.17. The maximum atomic E-state index is 12.8. The summed E-state index contributed by atoms with van der Waals surface area (Å²) in [5, 5.41) is 16.6. The lowest BCUT2D eigenvalue weighted by atomic mass is 9.92. The molecule has 2 heterocycles. The number of anilines is 2. The molecule has 0 saturated heterocycles. The molecule has 0 aliphatic carbocycles. The summed E-state index contributed by atoms with van der Waals surface area (Å²) >= 11 is 0. The molecule has 8 heteroatoms. The van der Waals surface area contributed by atoms with Crippen LogP contribution >= 0.6 is 0 Å². The zero-order valence-corrected chi connectivity index (χ0v) is 19.5. The van der Waals surface area contributed by atoms with Gasteiger partial charge in [0.05, 0.1) is 23.0 Å². The number of nitrogens with zero attached hydrogens (tertiary/aromatic N) is 1. The van der Waals surface area contributed by atoms with Crippen LogP contribution in [0.4, 0.5) is 11.4 Å². The van der Waals surface area contributed by atoms with Gasteiger partial charge in [-0.15, -0.1) is 0 Å². The summed E-state index contributed by atoms with van der Waals surface area (Å²) in [6, 6.07) is 16.5. The number of aromatic amines is 2. The number of para-hydroxylation sites is 1. The summed E-state index contributed by atoms with van der Waals surface area (Å²) in [7, 11) is 0. The molecule has 4 aromatic rings. The molecule has 8 nitrogen and oxygen atoms in total. The first-order valence-electron chi connectivity index (χ1n) is 11.2. The first-order valence-corrected chi connectivity index (χ1v) is 11.2. The third kappa shape index (κ3) is 5.35. The lowest BCUT2D eigenvalue weighted by Crippen LogP contribution is -2.19. The van der Waals surface area contributed by atoms with Crippen LogP contribution in [0.15, 0.2) is 65.6 Å². The van der Waals surface area contributed by atoms with E-state index in [0.717, 1.165) is 5.56 Å². The van der Waals surface area contributed by atoms with Gasteiger partial charge in [-0.25, -0.2) is 4.98 Å². The molecule has 0 fully saturated rings. The molecule has 2 aromatic heterocycles. The van der Waals surface area contributed by atoms with E-state index in [1.54, 1.807) is 18.3 Å². The van der Waals surface area contributed by atoms with E-state index in [1.165, 1.54) is 0 Å². The number of benzene rings is 2. The van der Waals surface area contributed by atoms with E-state index in [1.807, 2.05) is 63.2 Å². The van der Waals surface area contributed by atoms with Crippen LogP contribution < -0.4 is 16.2 Å². The summed E-state index contributed by atoms with van der Waals surface area (Å²) in [6.07, 6.45) is 1.18. The number of nitrogens with one attached hydrogen (secondary N) is 4. The zero-order valence-electron chi connectivity index (χ0n) is 19.5. The Balaban J connectivity index is 1.63. The highest BCUT2D eigenvalue weighted by molar-refractivity contribution is 6.00. The Hall–Kier alpha value is -3.91. The number of aliphatic hydroxyl groups excluding tert-OH is 1. The number of hydrogen-bond acceptors (Lipinski definition) is 5. The smallest absolute Gasteiger partial charge is 0.261 e. The normalized spacial score (nSPS) is 12.5. The van der Waals surface area contributed by atoms with Gasteiger partial charge in [0.2, 0.25) is 5.91 Å². The molecule has 0 aliphatic rings. The Kier molecular flexibility index (Phi) is 6.51. The molecule has 34 heavy (non-hydrogen) atoms. The molecular formula is C26H29N5O3. The fourth-order valence-corrected chi connectivity index (χ4v) is 3.79. The Morgan fingerprint density at radius 3 is 2.56 bits per heavy atom. The first kappa shape index (κ1) is 23.3. The predicted molar refractivity (Wildman–Crippen MR) is 135 cm³/mol. The number of aliphatic hydroxyl groups is 1. The molecule has 2 aromatic carbocycles. The zero-order chi connectivity index (χ0) is 24.3. The van der Waals surface area contributed by atoms with Gasteiger partial charge in [0, 0.05) is 19.2 Å². The van der Waals surface area contributed by atoms with Crippen molar-refractivity contribution in [3.05, 3.63) is 76.7 Å². The fraction of sp³-hybridized carbons (Fsp3) is 0.269. The minimum atomic E-state index is -0.742. The van der Waals surface area contributed by atoms with E-state index in [2.05, 4.69) is 25.6 Å². The van der Waals surface area contributed by atoms with E-state index in [0.29, 0.717) is 40.2 Å². The Labute approximate surface area is 197 Å². The third-order valence-electron chi connectivity index (χ3n) is 5.35. The van der Waals surface area contributed by atoms with E-state index < -0.39 is 6.10 Å². The molecule has 1 unspecified atom stereocenters. The van der Waals surface area contributed by atoms with Crippen molar-refractivity contribution in [3.63, 3.8) is 0 Å². The maximum absolute atomic E-state index is 12.8. The molecule has 0 bridgehead atoms. The first-order chi connectivity index (χ1) is 16.2. The molecule has 1 atom stereocenters. The molecule has 0 aliphatic heterocycles. The number of H-pyrrole nitrogens is 2. The van der Waals surface area contributed by atoms with Crippen LogP contribution in [0.2, 0.25) is 0 Å². The monoisotopic (exact) mass is 459 g/mol. The van der Waals surface area contributed by atoms with E-state index in [4.69, 9.17) is 0 Å². The number of carbonyl (C=O) groups excluding carboxylic acids is 1. The maximum Gasteiger partial charge on any atom is 0.261 e. The van der Waals surface area contributed by atoms with Gasteiger partial charge < -0.3 is 25.7 Å². The van der Waals surface area contributed by atoms with Gasteiger partial charge >= 0.3 is 0 Å². The number of imidazole rings is 1. The summed E-state index contributed by atoms with van der Waals surface area (Å²) in [5.74, 6) is 0.269. The second kappa shape index (κ2) is 9.52. The Morgan fingerprint density at radius 1 is 1.06 bits per heavy atom. The number of rotatable bonds is 7. The van der Waals surface area contributed by atoms with Crippen LogP contribution in [0, 0.1) is 5.41 Å². The molecule has 0 radical (unpaired) electrons. The van der Waals surface area contributed by atoms with Crippen molar-refractivity contribution in [2.75, 3.05) is 17.2 Å². The molecule has 4 rings (SSSR count). The third-order valence-corrected chi connectivity index (χ3v) is 5.35. The second-order valence-electron chi connectivity index (χ2n) is 9.48. The quantitative estimate of drug-likeness (QED) is 0.280. The van der Waals surface area contributed by atoms with Crippen LogP contribution in [-0.2, 0) is 4.79 Å². The summed E-state index contributed by atoms with van der Waals surface area (Å²) in [4.78, 5) is 35.8. The van der Waals surface area contributed by atoms with Crippen molar-refractivity contribution < 1.29 is 9.90 Å². The molecule has 0 saturated carbocycles. The number of amides is 1. The van der Waals surface area contributed by atoms with Crippen LogP contribution in [0.25, 0.3) is 22.4 Å². The molecule has 176 valence electrons. The van der Waals surface area contributed by atoms with Crippen molar-refractivity contribution in [1.82, 2.24) is 15.0 Å². The van der Waals surface area contributed by atoms with Crippen LogP contribution in [0.5, 0.6) is 0 Å². The van der Waals surface area contributed by atoms with Gasteiger partial charge in [-0.05, 0) is 29.2 Å². The highest BCUT2D eigenvalue weighted by atomic mass is 16.3. The van der Waals surface area contributed by atoms with Crippen molar-refractivity contribution in [2.24, 2.45) is 5.41 Å². The average molecular weight is 460 g/mol. The highest BCUT2D eigenvalue weighted by Crippen LogP contribution is 2.29. The minimum absolute atomic E-state index is 0.0978. The van der Waals surface area contributed by atoms with Gasteiger partial charge in [0.25, 0.3) is 5.56 Å². The van der Waals surface area contributed by atoms with Gasteiger partial charge in [0.1, 0.15) is 16.9 Å². The molecular weight excluding hydrogens is 430 g/mol. The van der Waals surface area contributed by atoms with Crippen LogP contribution in [0.3, 0.4) is 0 Å². The summed E-state index contributed by atoms with van der Waals surface area (Å²) in [6.45, 7) is 6.23. The number of carbonyl (C=O) groups is 1. The lowest BCUT2D eigenvalue weighted by molar-refractivity contribution is -0.117.